The van der Waals surface area contributed by atoms with Crippen molar-refractivity contribution >= 4 is 5.91 Å². The maximum absolute atomic E-state index is 10.9. The topological polar surface area (TPSA) is 102 Å². The highest BCUT2D eigenvalue weighted by atomic mass is 16.5. The molecular weight excluding hydrogens is 164 g/mol. The molecule has 0 bridgehead atoms. The number of hydrogen-bond donors (Lipinski definition) is 4. The minimum atomic E-state index is -1.05. The summed E-state index contributed by atoms with van der Waals surface area (Å²) in [6.07, 6.45) is 1.19. The Kier molecular flexibility index (Phi) is 2.11. The van der Waals surface area contributed by atoms with E-state index in [1.807, 2.05) is 0 Å². The van der Waals surface area contributed by atoms with E-state index in [1.54, 1.807) is 0 Å². The number of carbonyl (C=O) groups is 1. The predicted octanol–water partition coefficient (Wildman–Crippen LogP) is -0.800. The zero-order valence-corrected chi connectivity index (χ0v) is 5.87. The van der Waals surface area contributed by atoms with Gasteiger partial charge >= 0.3 is 0 Å². The normalized spacial score (nSPS) is 9.42. The molecule has 12 heavy (non-hydrogen) atoms. The molecule has 1 amide bonds. The lowest BCUT2D eigenvalue weighted by Crippen LogP contribution is -2.26. The number of rotatable bonds is 1. The van der Waals surface area contributed by atoms with Crippen LogP contribution in [0, 0.1) is 0 Å². The van der Waals surface area contributed by atoms with E-state index in [2.05, 4.69) is 4.98 Å². The average molecular weight is 170 g/mol. The van der Waals surface area contributed by atoms with Gasteiger partial charge in [0.25, 0.3) is 11.5 Å². The first-order valence-electron chi connectivity index (χ1n) is 3.02. The van der Waals surface area contributed by atoms with Gasteiger partial charge in [-0.3, -0.25) is 14.8 Å². The van der Waals surface area contributed by atoms with Gasteiger partial charge in [0.15, 0.2) is 0 Å². The fourth-order valence-electron chi connectivity index (χ4n) is 0.743. The number of carbonyl (C=O) groups excluding carboxylic acids is 1. The van der Waals surface area contributed by atoms with Crippen LogP contribution in [-0.4, -0.2) is 21.2 Å². The number of H-pyrrole nitrogens is 1. The lowest BCUT2D eigenvalue weighted by molar-refractivity contribution is 0.0701. The molecule has 1 aromatic heterocycles. The largest absolute Gasteiger partial charge is 0.507 e. The van der Waals surface area contributed by atoms with Crippen molar-refractivity contribution in [2.45, 2.75) is 0 Å². The Bertz CT molecular complexity index is 357. The molecule has 6 heteroatoms. The minimum Gasteiger partial charge on any atom is -0.507 e. The van der Waals surface area contributed by atoms with Gasteiger partial charge in [0.2, 0.25) is 0 Å². The Balaban J connectivity index is 3.31. The number of hydrogen-bond acceptors (Lipinski definition) is 4. The first-order valence-corrected chi connectivity index (χ1v) is 3.02. The van der Waals surface area contributed by atoms with Gasteiger partial charge in [0.1, 0.15) is 11.3 Å². The SMILES string of the molecule is O=C(NO)c1c(O)cc[nH]c1=O. The molecule has 4 N–H and O–H groups in total. The fourth-order valence-corrected chi connectivity index (χ4v) is 0.743. The zero-order chi connectivity index (χ0) is 9.14. The Labute approximate surface area is 66.4 Å². The molecule has 0 aliphatic heterocycles. The van der Waals surface area contributed by atoms with E-state index in [1.165, 1.54) is 11.7 Å². The van der Waals surface area contributed by atoms with Crippen LogP contribution in [0.1, 0.15) is 10.4 Å². The summed E-state index contributed by atoms with van der Waals surface area (Å²) in [6.45, 7) is 0. The van der Waals surface area contributed by atoms with Gasteiger partial charge in [0.05, 0.1) is 0 Å². The molecule has 0 radical (unpaired) electrons. The second-order valence-electron chi connectivity index (χ2n) is 2.01. The first-order chi connectivity index (χ1) is 5.66. The van der Waals surface area contributed by atoms with E-state index in [0.717, 1.165) is 6.07 Å². The second-order valence-corrected chi connectivity index (χ2v) is 2.01. The van der Waals surface area contributed by atoms with Crippen LogP contribution >= 0.6 is 0 Å². The van der Waals surface area contributed by atoms with Crippen molar-refractivity contribution in [3.8, 4) is 5.75 Å². The molecule has 1 rings (SSSR count). The first kappa shape index (κ1) is 8.28. The molecule has 6 nitrogen and oxygen atoms in total. The molecule has 0 saturated heterocycles. The van der Waals surface area contributed by atoms with E-state index >= 15 is 0 Å². The van der Waals surface area contributed by atoms with Crippen molar-refractivity contribution in [2.24, 2.45) is 0 Å². The van der Waals surface area contributed by atoms with Crippen LogP contribution in [0.3, 0.4) is 0 Å². The summed E-state index contributed by atoms with van der Waals surface area (Å²) in [7, 11) is 0. The highest BCUT2D eigenvalue weighted by molar-refractivity contribution is 5.95. The summed E-state index contributed by atoms with van der Waals surface area (Å²) < 4.78 is 0. The van der Waals surface area contributed by atoms with Crippen LogP contribution in [0.4, 0.5) is 0 Å². The van der Waals surface area contributed by atoms with E-state index in [-0.39, 0.29) is 0 Å². The average Bonchev–Trinajstić information content (AvgIpc) is 2.03. The molecule has 0 atom stereocenters. The molecule has 64 valence electrons. The fraction of sp³-hybridized carbons (Fsp3) is 0. The summed E-state index contributed by atoms with van der Waals surface area (Å²) in [4.78, 5) is 23.7. The summed E-state index contributed by atoms with van der Waals surface area (Å²) in [5.41, 5.74) is -0.0324. The van der Waals surface area contributed by atoms with Crippen molar-refractivity contribution in [1.82, 2.24) is 10.5 Å². The number of amides is 1. The lowest BCUT2D eigenvalue weighted by atomic mass is 10.2. The summed E-state index contributed by atoms with van der Waals surface area (Å²) >= 11 is 0. The monoisotopic (exact) mass is 170 g/mol. The molecule has 1 aromatic rings. The molecule has 0 fully saturated rings. The summed E-state index contributed by atoms with van der Waals surface area (Å²) in [5.74, 6) is -1.53. The third-order valence-electron chi connectivity index (χ3n) is 1.27. The second kappa shape index (κ2) is 3.05. The van der Waals surface area contributed by atoms with Crippen LogP contribution in [-0.2, 0) is 0 Å². The van der Waals surface area contributed by atoms with Gasteiger partial charge in [-0.15, -0.1) is 0 Å². The number of nitrogens with one attached hydrogen (secondary N) is 2. The molecule has 0 unspecified atom stereocenters. The van der Waals surface area contributed by atoms with Crippen LogP contribution in [0.5, 0.6) is 5.75 Å². The third kappa shape index (κ3) is 1.28. The van der Waals surface area contributed by atoms with Gasteiger partial charge in [0, 0.05) is 6.20 Å². The molecule has 1 heterocycles. The van der Waals surface area contributed by atoms with Gasteiger partial charge in [-0.1, -0.05) is 0 Å². The number of aromatic nitrogens is 1. The summed E-state index contributed by atoms with van der Waals surface area (Å²) in [5, 5.41) is 17.2. The molecule has 0 aliphatic carbocycles. The highest BCUT2D eigenvalue weighted by Gasteiger charge is 2.13. The Hall–Kier alpha value is -1.82. The number of pyridine rings is 1. The molecule has 0 aliphatic rings. The van der Waals surface area contributed by atoms with Crippen LogP contribution in [0.2, 0.25) is 0 Å². The van der Waals surface area contributed by atoms with Gasteiger partial charge in [-0.25, -0.2) is 5.48 Å². The van der Waals surface area contributed by atoms with E-state index < -0.39 is 22.8 Å². The highest BCUT2D eigenvalue weighted by Crippen LogP contribution is 2.08. The van der Waals surface area contributed by atoms with Crippen molar-refractivity contribution in [1.29, 1.82) is 0 Å². The molecule has 0 aromatic carbocycles. The van der Waals surface area contributed by atoms with E-state index in [9.17, 15) is 9.59 Å². The van der Waals surface area contributed by atoms with Gasteiger partial charge in [-0.05, 0) is 6.07 Å². The maximum atomic E-state index is 10.9. The standard InChI is InChI=1S/C6H6N2O4/c9-3-1-2-7-5(10)4(3)6(11)8-12/h1-2,12H,(H,8,11)(H2,7,9,10). The summed E-state index contributed by atoms with van der Waals surface area (Å²) in [6, 6.07) is 1.13. The van der Waals surface area contributed by atoms with E-state index in [4.69, 9.17) is 10.3 Å². The van der Waals surface area contributed by atoms with Crippen LogP contribution in [0.25, 0.3) is 0 Å². The Morgan fingerprint density at radius 2 is 2.25 bits per heavy atom. The lowest BCUT2D eigenvalue weighted by Gasteiger charge is -1.98. The van der Waals surface area contributed by atoms with Crippen molar-refractivity contribution in [2.75, 3.05) is 0 Å². The van der Waals surface area contributed by atoms with Crippen molar-refractivity contribution < 1.29 is 15.1 Å². The molecule has 0 saturated carbocycles. The quantitative estimate of drug-likeness (QED) is 0.327. The molecule has 0 spiro atoms. The Morgan fingerprint density at radius 1 is 1.58 bits per heavy atom. The van der Waals surface area contributed by atoms with Crippen molar-refractivity contribution in [3.63, 3.8) is 0 Å². The maximum Gasteiger partial charge on any atom is 0.284 e. The number of aromatic amines is 1. The van der Waals surface area contributed by atoms with E-state index in [0.29, 0.717) is 0 Å². The third-order valence-corrected chi connectivity index (χ3v) is 1.27. The van der Waals surface area contributed by atoms with Gasteiger partial charge < -0.3 is 10.1 Å². The van der Waals surface area contributed by atoms with Crippen molar-refractivity contribution in [3.05, 3.63) is 28.2 Å². The van der Waals surface area contributed by atoms with Gasteiger partial charge in [-0.2, -0.15) is 0 Å². The smallest absolute Gasteiger partial charge is 0.284 e. The molecular formula is C6H6N2O4. The Morgan fingerprint density at radius 3 is 2.75 bits per heavy atom. The zero-order valence-electron chi connectivity index (χ0n) is 5.87. The predicted molar refractivity (Wildman–Crippen MR) is 38.0 cm³/mol. The minimum absolute atomic E-state index is 0.481. The number of hydroxylamine groups is 1. The van der Waals surface area contributed by atoms with Crippen LogP contribution in [0.15, 0.2) is 17.1 Å². The number of aromatic hydroxyl groups is 1. The van der Waals surface area contributed by atoms with Crippen LogP contribution < -0.4 is 11.0 Å².